The molecule has 0 aliphatic rings. The molecule has 0 saturated heterocycles. The van der Waals surface area contributed by atoms with Gasteiger partial charge in [-0.25, -0.2) is 14.4 Å². The van der Waals surface area contributed by atoms with Crippen molar-refractivity contribution in [1.29, 1.82) is 0 Å². The number of allylic oxidation sites excluding steroid dienone is 2. The summed E-state index contributed by atoms with van der Waals surface area (Å²) in [6.07, 6.45) is 26.4. The summed E-state index contributed by atoms with van der Waals surface area (Å²) in [7, 11) is 0. The standard InChI is InChI=1S/C28H51NO6/c1-2-3-4-5-6-7-8-9-10-11-12-13-14-15-16-17-18-19-20-21-22-29(23-26(30)31,24-27(32)33)25-28(34)35/h12-13H,2-11,14-25H2,1H3,(H2-,30,31,32,33,34,35)/p+1/b13-12+. The van der Waals surface area contributed by atoms with E-state index in [1.807, 2.05) is 0 Å². The van der Waals surface area contributed by atoms with Crippen molar-refractivity contribution in [1.82, 2.24) is 0 Å². The lowest BCUT2D eigenvalue weighted by Gasteiger charge is -2.34. The van der Waals surface area contributed by atoms with Gasteiger partial charge in [0.2, 0.25) is 0 Å². The maximum absolute atomic E-state index is 11.2. The lowest BCUT2D eigenvalue weighted by Crippen LogP contribution is -2.57. The number of nitrogens with zero attached hydrogens (tertiary/aromatic N) is 1. The van der Waals surface area contributed by atoms with Gasteiger partial charge in [-0.05, 0) is 38.5 Å². The molecule has 0 saturated carbocycles. The molecule has 0 atom stereocenters. The summed E-state index contributed by atoms with van der Waals surface area (Å²) in [6, 6.07) is 0. The molecule has 0 heterocycles. The third-order valence-electron chi connectivity index (χ3n) is 6.56. The van der Waals surface area contributed by atoms with Gasteiger partial charge in [-0.15, -0.1) is 0 Å². The Balaban J connectivity index is 3.74. The summed E-state index contributed by atoms with van der Waals surface area (Å²) < 4.78 is -0.439. The second kappa shape index (κ2) is 22.6. The zero-order chi connectivity index (χ0) is 26.2. The second-order valence-corrected chi connectivity index (χ2v) is 10.1. The predicted octanol–water partition coefficient (Wildman–Crippen LogP) is 6.65. The van der Waals surface area contributed by atoms with Crippen LogP contribution in [0.25, 0.3) is 0 Å². The molecular formula is C28H52NO6+. The Labute approximate surface area is 213 Å². The first-order valence-electron chi connectivity index (χ1n) is 14.0. The van der Waals surface area contributed by atoms with E-state index in [4.69, 9.17) is 15.3 Å². The molecule has 0 aromatic rings. The van der Waals surface area contributed by atoms with Gasteiger partial charge in [0, 0.05) is 0 Å². The summed E-state index contributed by atoms with van der Waals surface area (Å²) in [6.45, 7) is 1.07. The predicted molar refractivity (Wildman–Crippen MR) is 141 cm³/mol. The number of hydrogen-bond acceptors (Lipinski definition) is 3. The van der Waals surface area contributed by atoms with Crippen LogP contribution in [0.1, 0.15) is 122 Å². The largest absolute Gasteiger partial charge is 0.477 e. The van der Waals surface area contributed by atoms with Gasteiger partial charge in [0.05, 0.1) is 6.54 Å². The van der Waals surface area contributed by atoms with E-state index in [1.54, 1.807) is 0 Å². The van der Waals surface area contributed by atoms with E-state index < -0.39 is 42.0 Å². The molecule has 7 nitrogen and oxygen atoms in total. The van der Waals surface area contributed by atoms with Gasteiger partial charge in [-0.3, -0.25) is 4.48 Å². The molecule has 0 bridgehead atoms. The first kappa shape index (κ1) is 33.1. The highest BCUT2D eigenvalue weighted by Crippen LogP contribution is 2.14. The maximum Gasteiger partial charge on any atom is 0.359 e. The van der Waals surface area contributed by atoms with Gasteiger partial charge in [0.25, 0.3) is 0 Å². The fourth-order valence-electron chi connectivity index (χ4n) is 4.67. The van der Waals surface area contributed by atoms with Gasteiger partial charge in [-0.1, -0.05) is 96.1 Å². The van der Waals surface area contributed by atoms with E-state index in [9.17, 15) is 14.4 Å². The molecule has 0 unspecified atom stereocenters. The number of unbranched alkanes of at least 4 members (excludes halogenated alkanes) is 16. The smallest absolute Gasteiger partial charge is 0.359 e. The third-order valence-corrected chi connectivity index (χ3v) is 6.56. The van der Waals surface area contributed by atoms with Crippen molar-refractivity contribution >= 4 is 17.9 Å². The third kappa shape index (κ3) is 22.3. The number of carboxylic acid groups (broad SMARTS) is 3. The fourth-order valence-corrected chi connectivity index (χ4v) is 4.67. The molecule has 0 aliphatic carbocycles. The monoisotopic (exact) mass is 498 g/mol. The first-order chi connectivity index (χ1) is 16.8. The molecule has 0 aromatic carbocycles. The number of carboxylic acids is 3. The highest BCUT2D eigenvalue weighted by Gasteiger charge is 2.35. The van der Waals surface area contributed by atoms with Crippen molar-refractivity contribution in [2.24, 2.45) is 0 Å². The lowest BCUT2D eigenvalue weighted by atomic mass is 10.1. The van der Waals surface area contributed by atoms with Crippen LogP contribution in [-0.2, 0) is 14.4 Å². The molecule has 7 heteroatoms. The van der Waals surface area contributed by atoms with E-state index in [0.717, 1.165) is 32.1 Å². The summed E-state index contributed by atoms with van der Waals surface area (Å²) in [5.41, 5.74) is 0. The van der Waals surface area contributed by atoms with Crippen molar-refractivity contribution in [3.05, 3.63) is 12.2 Å². The number of quaternary nitrogens is 1. The molecule has 0 rings (SSSR count). The van der Waals surface area contributed by atoms with Gasteiger partial charge in [0.15, 0.2) is 19.6 Å². The number of carbonyl (C=O) groups is 3. The number of hydrogen-bond donors (Lipinski definition) is 3. The van der Waals surface area contributed by atoms with Gasteiger partial charge >= 0.3 is 17.9 Å². The molecule has 0 amide bonds. The molecule has 0 fully saturated rings. The normalized spacial score (nSPS) is 11.8. The second-order valence-electron chi connectivity index (χ2n) is 10.1. The highest BCUT2D eigenvalue weighted by molar-refractivity contribution is 5.73. The Morgan fingerprint density at radius 1 is 0.514 bits per heavy atom. The van der Waals surface area contributed by atoms with Gasteiger partial charge < -0.3 is 15.3 Å². The van der Waals surface area contributed by atoms with Crippen LogP contribution in [0, 0.1) is 0 Å². The van der Waals surface area contributed by atoms with Crippen molar-refractivity contribution in [3.63, 3.8) is 0 Å². The molecule has 0 aliphatic heterocycles. The summed E-state index contributed by atoms with van der Waals surface area (Å²) in [4.78, 5) is 33.5. The summed E-state index contributed by atoms with van der Waals surface area (Å²) >= 11 is 0. The fraction of sp³-hybridized carbons (Fsp3) is 0.821. The minimum absolute atomic E-state index is 0.259. The van der Waals surface area contributed by atoms with E-state index in [0.29, 0.717) is 6.42 Å². The van der Waals surface area contributed by atoms with Crippen LogP contribution in [0.5, 0.6) is 0 Å². The van der Waals surface area contributed by atoms with E-state index in [-0.39, 0.29) is 6.54 Å². The van der Waals surface area contributed by atoms with Crippen molar-refractivity contribution in [3.8, 4) is 0 Å². The average molecular weight is 499 g/mol. The minimum atomic E-state index is -1.17. The molecule has 0 aromatic heterocycles. The SMILES string of the molecule is CCCCCCCCCCC/C=C/CCCCCCCCC[N+](CC(=O)O)(CC(=O)O)CC(=O)O. The van der Waals surface area contributed by atoms with Crippen LogP contribution in [-0.4, -0.2) is 63.9 Å². The van der Waals surface area contributed by atoms with E-state index in [1.165, 1.54) is 77.0 Å². The molecule has 0 radical (unpaired) electrons. The van der Waals surface area contributed by atoms with Crippen LogP contribution in [0.2, 0.25) is 0 Å². The van der Waals surface area contributed by atoms with Crippen LogP contribution >= 0.6 is 0 Å². The van der Waals surface area contributed by atoms with Crippen molar-refractivity contribution in [2.45, 2.75) is 122 Å². The number of rotatable bonds is 26. The average Bonchev–Trinajstić information content (AvgIpc) is 2.76. The topological polar surface area (TPSA) is 112 Å². The molecule has 35 heavy (non-hydrogen) atoms. The maximum atomic E-state index is 11.2. The van der Waals surface area contributed by atoms with Crippen LogP contribution < -0.4 is 0 Å². The van der Waals surface area contributed by atoms with Crippen LogP contribution in [0.15, 0.2) is 12.2 Å². The molecular weight excluding hydrogens is 446 g/mol. The molecule has 0 spiro atoms. The Morgan fingerprint density at radius 3 is 1.17 bits per heavy atom. The Hall–Kier alpha value is -1.89. The lowest BCUT2D eigenvalue weighted by molar-refractivity contribution is -0.907. The number of aliphatic carboxylic acids is 3. The first-order valence-corrected chi connectivity index (χ1v) is 14.0. The van der Waals surface area contributed by atoms with Gasteiger partial charge in [-0.2, -0.15) is 0 Å². The zero-order valence-corrected chi connectivity index (χ0v) is 22.2. The summed E-state index contributed by atoms with van der Waals surface area (Å²) in [5.74, 6) is -3.51. The van der Waals surface area contributed by atoms with Crippen LogP contribution in [0.4, 0.5) is 0 Å². The van der Waals surface area contributed by atoms with E-state index in [2.05, 4.69) is 19.1 Å². The van der Waals surface area contributed by atoms with E-state index >= 15 is 0 Å². The van der Waals surface area contributed by atoms with Crippen LogP contribution in [0.3, 0.4) is 0 Å². The Morgan fingerprint density at radius 2 is 0.829 bits per heavy atom. The summed E-state index contributed by atoms with van der Waals surface area (Å²) in [5, 5.41) is 27.4. The Kier molecular flexibility index (Phi) is 21.3. The molecule has 204 valence electrons. The van der Waals surface area contributed by atoms with Crippen molar-refractivity contribution in [2.75, 3.05) is 26.2 Å². The zero-order valence-electron chi connectivity index (χ0n) is 22.2. The Bertz CT molecular complexity index is 549. The van der Waals surface area contributed by atoms with Crippen molar-refractivity contribution < 1.29 is 34.2 Å². The highest BCUT2D eigenvalue weighted by atomic mass is 16.4. The van der Waals surface area contributed by atoms with Gasteiger partial charge in [0.1, 0.15) is 0 Å². The quantitative estimate of drug-likeness (QED) is 0.0699. The minimum Gasteiger partial charge on any atom is -0.477 e. The molecule has 3 N–H and O–H groups in total.